The normalized spacial score (nSPS) is 15.1. The fourth-order valence-corrected chi connectivity index (χ4v) is 3.69. The van der Waals surface area contributed by atoms with E-state index in [1.165, 1.54) is 10.8 Å². The van der Waals surface area contributed by atoms with Gasteiger partial charge < -0.3 is 14.3 Å². The molecule has 6 heteroatoms. The number of amides is 1. The van der Waals surface area contributed by atoms with Crippen LogP contribution in [0.25, 0.3) is 10.8 Å². The summed E-state index contributed by atoms with van der Waals surface area (Å²) in [6, 6.07) is 16.6. The molecule has 1 aliphatic rings. The molecule has 0 radical (unpaired) electrons. The van der Waals surface area contributed by atoms with Gasteiger partial charge in [-0.15, -0.1) is 0 Å². The van der Waals surface area contributed by atoms with Crippen molar-refractivity contribution in [2.75, 3.05) is 44.7 Å². The number of anilines is 1. The maximum Gasteiger partial charge on any atom is 0.242 e. The van der Waals surface area contributed by atoms with Crippen LogP contribution in [0.3, 0.4) is 0 Å². The number of piperazine rings is 1. The molecule has 0 aliphatic carbocycles. The highest BCUT2D eigenvalue weighted by Gasteiger charge is 2.22. The van der Waals surface area contributed by atoms with Crippen molar-refractivity contribution in [2.45, 2.75) is 13.5 Å². The van der Waals surface area contributed by atoms with Crippen LogP contribution in [-0.4, -0.2) is 60.6 Å². The molecule has 0 bridgehead atoms. The number of aromatic nitrogens is 1. The number of hydrogen-bond donors (Lipinski definition) is 0. The van der Waals surface area contributed by atoms with Crippen LogP contribution in [-0.2, 0) is 11.3 Å². The van der Waals surface area contributed by atoms with E-state index in [1.807, 2.05) is 42.0 Å². The fraction of sp³-hybridized carbons (Fsp3) is 0.364. The SMILES string of the molecule is Cc1cc(CN2CCN(C(=O)CN(C)c3ccc4ccccc4c3)CC2)no1. The van der Waals surface area contributed by atoms with Gasteiger partial charge in [-0.25, -0.2) is 0 Å². The number of carbonyl (C=O) groups excluding carboxylic acids is 1. The Bertz CT molecular complexity index is 960. The van der Waals surface area contributed by atoms with Crippen molar-refractivity contribution >= 4 is 22.4 Å². The molecule has 2 aromatic carbocycles. The summed E-state index contributed by atoms with van der Waals surface area (Å²) in [5.74, 6) is 1.01. The second kappa shape index (κ2) is 8.02. The first-order valence-corrected chi connectivity index (χ1v) is 9.71. The van der Waals surface area contributed by atoms with Gasteiger partial charge in [0.1, 0.15) is 5.76 Å². The summed E-state index contributed by atoms with van der Waals surface area (Å²) >= 11 is 0. The molecule has 2 heterocycles. The minimum absolute atomic E-state index is 0.174. The average molecular weight is 378 g/mol. The number of carbonyl (C=O) groups is 1. The Morgan fingerprint density at radius 1 is 1.07 bits per heavy atom. The zero-order valence-electron chi connectivity index (χ0n) is 16.5. The first kappa shape index (κ1) is 18.5. The van der Waals surface area contributed by atoms with Gasteiger partial charge in [0.05, 0.1) is 12.2 Å². The number of nitrogens with zero attached hydrogens (tertiary/aromatic N) is 4. The van der Waals surface area contributed by atoms with E-state index >= 15 is 0 Å². The van der Waals surface area contributed by atoms with E-state index in [0.29, 0.717) is 6.54 Å². The Morgan fingerprint density at radius 3 is 2.54 bits per heavy atom. The zero-order chi connectivity index (χ0) is 19.5. The van der Waals surface area contributed by atoms with Crippen molar-refractivity contribution in [3.8, 4) is 0 Å². The van der Waals surface area contributed by atoms with Gasteiger partial charge in [-0.05, 0) is 29.8 Å². The molecular formula is C22H26N4O2. The number of fused-ring (bicyclic) bond motifs is 1. The molecule has 0 spiro atoms. The Kier molecular flexibility index (Phi) is 5.30. The largest absolute Gasteiger partial charge is 0.365 e. The van der Waals surface area contributed by atoms with E-state index in [-0.39, 0.29) is 5.91 Å². The third-order valence-corrected chi connectivity index (χ3v) is 5.33. The van der Waals surface area contributed by atoms with Crippen molar-refractivity contribution in [3.05, 3.63) is 60.0 Å². The molecular weight excluding hydrogens is 352 g/mol. The molecule has 28 heavy (non-hydrogen) atoms. The topological polar surface area (TPSA) is 52.8 Å². The van der Waals surface area contributed by atoms with Gasteiger partial charge in [0.15, 0.2) is 0 Å². The van der Waals surface area contributed by atoms with Crippen molar-refractivity contribution in [1.29, 1.82) is 0 Å². The third kappa shape index (κ3) is 4.17. The monoisotopic (exact) mass is 378 g/mol. The summed E-state index contributed by atoms with van der Waals surface area (Å²) in [5.41, 5.74) is 2.01. The van der Waals surface area contributed by atoms with Crippen LogP contribution in [0.4, 0.5) is 5.69 Å². The van der Waals surface area contributed by atoms with Crippen LogP contribution >= 0.6 is 0 Å². The highest BCUT2D eigenvalue weighted by Crippen LogP contribution is 2.21. The minimum atomic E-state index is 0.174. The van der Waals surface area contributed by atoms with Crippen molar-refractivity contribution in [1.82, 2.24) is 15.0 Å². The number of likely N-dealkylation sites (N-methyl/N-ethyl adjacent to an activating group) is 1. The standard InChI is InChI=1S/C22H26N4O2/c1-17-13-20(23-28-17)15-25-9-11-26(12-10-25)22(27)16-24(2)21-8-7-18-5-3-4-6-19(18)14-21/h3-8,13-14H,9-12,15-16H2,1-2H3. The molecule has 3 aromatic rings. The lowest BCUT2D eigenvalue weighted by molar-refractivity contribution is -0.131. The van der Waals surface area contributed by atoms with E-state index in [4.69, 9.17) is 4.52 Å². The molecule has 1 fully saturated rings. The molecule has 4 rings (SSSR count). The van der Waals surface area contributed by atoms with Gasteiger partial charge in [0.25, 0.3) is 0 Å². The third-order valence-electron chi connectivity index (χ3n) is 5.33. The van der Waals surface area contributed by atoms with Crippen LogP contribution < -0.4 is 4.90 Å². The Hall–Kier alpha value is -2.86. The highest BCUT2D eigenvalue weighted by molar-refractivity contribution is 5.87. The molecule has 1 saturated heterocycles. The van der Waals surface area contributed by atoms with Gasteiger partial charge in [-0.2, -0.15) is 0 Å². The second-order valence-electron chi connectivity index (χ2n) is 7.47. The predicted octanol–water partition coefficient (Wildman–Crippen LogP) is 2.92. The Balaban J connectivity index is 1.31. The molecule has 1 aromatic heterocycles. The maximum absolute atomic E-state index is 12.8. The highest BCUT2D eigenvalue weighted by atomic mass is 16.5. The van der Waals surface area contributed by atoms with Crippen LogP contribution in [0.1, 0.15) is 11.5 Å². The molecule has 1 aliphatic heterocycles. The number of rotatable bonds is 5. The van der Waals surface area contributed by atoms with E-state index in [2.05, 4.69) is 40.4 Å². The van der Waals surface area contributed by atoms with Crippen LogP contribution in [0.2, 0.25) is 0 Å². The van der Waals surface area contributed by atoms with Gasteiger partial charge in [-0.3, -0.25) is 9.69 Å². The Labute approximate surface area is 165 Å². The average Bonchev–Trinajstić information content (AvgIpc) is 3.12. The van der Waals surface area contributed by atoms with Gasteiger partial charge in [0, 0.05) is 51.5 Å². The fourth-order valence-electron chi connectivity index (χ4n) is 3.69. The van der Waals surface area contributed by atoms with E-state index in [9.17, 15) is 4.79 Å². The Morgan fingerprint density at radius 2 is 1.82 bits per heavy atom. The van der Waals surface area contributed by atoms with Crippen LogP contribution in [0.15, 0.2) is 53.1 Å². The second-order valence-corrected chi connectivity index (χ2v) is 7.47. The molecule has 0 saturated carbocycles. The lowest BCUT2D eigenvalue weighted by Gasteiger charge is -2.35. The van der Waals surface area contributed by atoms with Crippen molar-refractivity contribution in [2.24, 2.45) is 0 Å². The van der Waals surface area contributed by atoms with Gasteiger partial charge in [0.2, 0.25) is 5.91 Å². The molecule has 0 atom stereocenters. The molecule has 1 amide bonds. The molecule has 0 N–H and O–H groups in total. The summed E-state index contributed by atoms with van der Waals surface area (Å²) in [5, 5.41) is 6.46. The van der Waals surface area contributed by atoms with Crippen molar-refractivity contribution < 1.29 is 9.32 Å². The predicted molar refractivity (Wildman–Crippen MR) is 110 cm³/mol. The van der Waals surface area contributed by atoms with E-state index in [1.54, 1.807) is 0 Å². The summed E-state index contributed by atoms with van der Waals surface area (Å²) < 4.78 is 5.13. The van der Waals surface area contributed by atoms with E-state index < -0.39 is 0 Å². The summed E-state index contributed by atoms with van der Waals surface area (Å²) in [4.78, 5) is 19.1. The van der Waals surface area contributed by atoms with Gasteiger partial charge in [-0.1, -0.05) is 35.5 Å². The molecule has 0 unspecified atom stereocenters. The van der Waals surface area contributed by atoms with Crippen LogP contribution in [0.5, 0.6) is 0 Å². The lowest BCUT2D eigenvalue weighted by Crippen LogP contribution is -2.50. The number of hydrogen-bond acceptors (Lipinski definition) is 5. The quantitative estimate of drug-likeness (QED) is 0.683. The van der Waals surface area contributed by atoms with Gasteiger partial charge >= 0.3 is 0 Å². The number of aryl methyl sites for hydroxylation is 1. The molecule has 6 nitrogen and oxygen atoms in total. The maximum atomic E-state index is 12.8. The summed E-state index contributed by atoms with van der Waals surface area (Å²) in [7, 11) is 1.98. The summed E-state index contributed by atoms with van der Waals surface area (Å²) in [6.45, 7) is 6.29. The zero-order valence-corrected chi connectivity index (χ0v) is 16.5. The van der Waals surface area contributed by atoms with Crippen molar-refractivity contribution in [3.63, 3.8) is 0 Å². The smallest absolute Gasteiger partial charge is 0.242 e. The minimum Gasteiger partial charge on any atom is -0.365 e. The first-order chi connectivity index (χ1) is 13.6. The van der Waals surface area contributed by atoms with Crippen LogP contribution in [0, 0.1) is 6.92 Å². The molecule has 146 valence electrons. The number of benzene rings is 2. The first-order valence-electron chi connectivity index (χ1n) is 9.71. The van der Waals surface area contributed by atoms with E-state index in [0.717, 1.165) is 49.9 Å². The lowest BCUT2D eigenvalue weighted by atomic mass is 10.1. The summed E-state index contributed by atoms with van der Waals surface area (Å²) in [6.07, 6.45) is 0.